The highest BCUT2D eigenvalue weighted by atomic mass is 15.2. The summed E-state index contributed by atoms with van der Waals surface area (Å²) in [4.78, 5) is 2.22. The highest BCUT2D eigenvalue weighted by molar-refractivity contribution is 4.71. The summed E-state index contributed by atoms with van der Waals surface area (Å²) in [6.07, 6.45) is 0. The van der Waals surface area contributed by atoms with E-state index in [1.165, 1.54) is 0 Å². The van der Waals surface area contributed by atoms with E-state index in [0.29, 0.717) is 0 Å². The van der Waals surface area contributed by atoms with Gasteiger partial charge in [0.05, 0.1) is 5.66 Å². The van der Waals surface area contributed by atoms with Crippen LogP contribution in [0.2, 0.25) is 0 Å². The molecule has 0 aromatic heterocycles. The van der Waals surface area contributed by atoms with E-state index in [2.05, 4.69) is 18.7 Å². The normalized spacial score (nSPS) is 12.7. The van der Waals surface area contributed by atoms with Crippen LogP contribution in [0.15, 0.2) is 0 Å². The largest absolute Gasteiger partial charge is 0.314 e. The molecule has 0 aromatic carbocycles. The van der Waals surface area contributed by atoms with Crippen LogP contribution in [-0.2, 0) is 0 Å². The molecule has 0 aromatic rings. The van der Waals surface area contributed by atoms with Gasteiger partial charge in [-0.3, -0.25) is 4.90 Å². The van der Waals surface area contributed by atoms with Crippen LogP contribution in [-0.4, -0.2) is 23.7 Å². The van der Waals surface area contributed by atoms with Crippen molar-refractivity contribution in [1.29, 1.82) is 0 Å². The molecule has 56 valence electrons. The molecule has 0 rings (SSSR count). The maximum atomic E-state index is 5.83. The molecule has 0 aliphatic heterocycles. The van der Waals surface area contributed by atoms with Gasteiger partial charge in [-0.15, -0.1) is 0 Å². The molecule has 0 amide bonds. The minimum absolute atomic E-state index is 0.149. The second-order valence-corrected chi connectivity index (χ2v) is 2.83. The van der Waals surface area contributed by atoms with Crippen LogP contribution in [0, 0.1) is 0 Å². The molecule has 0 aliphatic carbocycles. The quantitative estimate of drug-likeness (QED) is 0.578. The van der Waals surface area contributed by atoms with E-state index in [-0.39, 0.29) is 5.66 Å². The zero-order valence-corrected chi connectivity index (χ0v) is 6.94. The van der Waals surface area contributed by atoms with Crippen molar-refractivity contribution in [3.63, 3.8) is 0 Å². The number of rotatable bonds is 3. The van der Waals surface area contributed by atoms with Crippen LogP contribution in [0.5, 0.6) is 0 Å². The third-order valence-electron chi connectivity index (χ3n) is 1.58. The molecule has 2 N–H and O–H groups in total. The maximum Gasteiger partial charge on any atom is 0.0628 e. The number of nitrogens with two attached hydrogens (primary N) is 1. The Morgan fingerprint density at radius 2 is 1.56 bits per heavy atom. The molecule has 9 heavy (non-hydrogen) atoms. The fraction of sp³-hybridized carbons (Fsp3) is 1.00. The van der Waals surface area contributed by atoms with E-state index in [0.717, 1.165) is 13.1 Å². The minimum atomic E-state index is -0.149. The van der Waals surface area contributed by atoms with Crippen molar-refractivity contribution in [2.45, 2.75) is 33.4 Å². The summed E-state index contributed by atoms with van der Waals surface area (Å²) >= 11 is 0. The topological polar surface area (TPSA) is 29.3 Å². The van der Waals surface area contributed by atoms with Crippen molar-refractivity contribution in [3.8, 4) is 0 Å². The highest BCUT2D eigenvalue weighted by Crippen LogP contribution is 2.04. The first kappa shape index (κ1) is 8.92. The predicted molar refractivity (Wildman–Crippen MR) is 41.2 cm³/mol. The minimum Gasteiger partial charge on any atom is -0.314 e. The molecular weight excluding hydrogens is 112 g/mol. The fourth-order valence-electron chi connectivity index (χ4n) is 1.04. The van der Waals surface area contributed by atoms with Crippen molar-refractivity contribution in [1.82, 2.24) is 4.90 Å². The van der Waals surface area contributed by atoms with E-state index in [1.54, 1.807) is 0 Å². The first-order valence-corrected chi connectivity index (χ1v) is 3.56. The van der Waals surface area contributed by atoms with Crippen LogP contribution in [0.1, 0.15) is 27.7 Å². The van der Waals surface area contributed by atoms with Gasteiger partial charge >= 0.3 is 0 Å². The molecular formula is C7H18N2. The summed E-state index contributed by atoms with van der Waals surface area (Å²) in [6.45, 7) is 10.4. The first-order valence-electron chi connectivity index (χ1n) is 3.56. The molecule has 2 nitrogen and oxygen atoms in total. The predicted octanol–water partition coefficient (Wildman–Crippen LogP) is 1.02. The first-order chi connectivity index (χ1) is 4.02. The van der Waals surface area contributed by atoms with Gasteiger partial charge in [0.2, 0.25) is 0 Å². The fourth-order valence-corrected chi connectivity index (χ4v) is 1.04. The summed E-state index contributed by atoms with van der Waals surface area (Å²) in [5, 5.41) is 0. The lowest BCUT2D eigenvalue weighted by Gasteiger charge is -2.33. The Labute approximate surface area is 58.0 Å². The molecule has 2 heteroatoms. The standard InChI is InChI=1S/C7H18N2/c1-5-9(6-2)7(3,4)8/h5-6,8H2,1-4H3. The molecule has 0 saturated carbocycles. The summed E-state index contributed by atoms with van der Waals surface area (Å²) in [7, 11) is 0. The van der Waals surface area contributed by atoms with E-state index in [4.69, 9.17) is 5.73 Å². The van der Waals surface area contributed by atoms with Gasteiger partial charge in [-0.05, 0) is 26.9 Å². The van der Waals surface area contributed by atoms with Crippen molar-refractivity contribution < 1.29 is 0 Å². The third-order valence-corrected chi connectivity index (χ3v) is 1.58. The molecule has 0 bridgehead atoms. The highest BCUT2D eigenvalue weighted by Gasteiger charge is 2.16. The third kappa shape index (κ3) is 2.82. The van der Waals surface area contributed by atoms with E-state index in [9.17, 15) is 0 Å². The SMILES string of the molecule is CCN(CC)C(C)(C)N. The van der Waals surface area contributed by atoms with Crippen molar-refractivity contribution >= 4 is 0 Å². The van der Waals surface area contributed by atoms with Crippen LogP contribution >= 0.6 is 0 Å². The Hall–Kier alpha value is -0.0800. The molecule has 0 atom stereocenters. The summed E-state index contributed by atoms with van der Waals surface area (Å²) in [5.41, 5.74) is 5.68. The molecule has 0 heterocycles. The van der Waals surface area contributed by atoms with E-state index in [1.807, 2.05) is 13.8 Å². The van der Waals surface area contributed by atoms with Gasteiger partial charge in [0, 0.05) is 0 Å². The van der Waals surface area contributed by atoms with E-state index < -0.39 is 0 Å². The Balaban J connectivity index is 3.79. The zero-order chi connectivity index (χ0) is 7.49. The Kier molecular flexibility index (Phi) is 3.15. The summed E-state index contributed by atoms with van der Waals surface area (Å²) in [6, 6.07) is 0. The Morgan fingerprint density at radius 3 is 1.56 bits per heavy atom. The second-order valence-electron chi connectivity index (χ2n) is 2.83. The second kappa shape index (κ2) is 3.18. The van der Waals surface area contributed by atoms with E-state index >= 15 is 0 Å². The molecule has 0 fully saturated rings. The van der Waals surface area contributed by atoms with Crippen molar-refractivity contribution in [2.75, 3.05) is 13.1 Å². The lowest BCUT2D eigenvalue weighted by molar-refractivity contribution is 0.142. The van der Waals surface area contributed by atoms with Gasteiger partial charge in [-0.1, -0.05) is 13.8 Å². The summed E-state index contributed by atoms with van der Waals surface area (Å²) < 4.78 is 0. The van der Waals surface area contributed by atoms with Crippen LogP contribution in [0.25, 0.3) is 0 Å². The van der Waals surface area contributed by atoms with Gasteiger partial charge in [-0.25, -0.2) is 0 Å². The molecule has 0 spiro atoms. The molecule has 0 aliphatic rings. The smallest absolute Gasteiger partial charge is 0.0628 e. The lowest BCUT2D eigenvalue weighted by atomic mass is 10.2. The van der Waals surface area contributed by atoms with Crippen LogP contribution in [0.4, 0.5) is 0 Å². The lowest BCUT2D eigenvalue weighted by Crippen LogP contribution is -2.50. The average molecular weight is 130 g/mol. The Bertz CT molecular complexity index is 69.5. The number of nitrogens with zero attached hydrogens (tertiary/aromatic N) is 1. The average Bonchev–Trinajstić information content (AvgIpc) is 1.65. The zero-order valence-electron chi connectivity index (χ0n) is 6.94. The monoisotopic (exact) mass is 130 g/mol. The number of hydrogen-bond donors (Lipinski definition) is 1. The van der Waals surface area contributed by atoms with Gasteiger partial charge < -0.3 is 5.73 Å². The molecule has 0 saturated heterocycles. The maximum absolute atomic E-state index is 5.83. The van der Waals surface area contributed by atoms with Gasteiger partial charge in [-0.2, -0.15) is 0 Å². The van der Waals surface area contributed by atoms with Crippen molar-refractivity contribution in [3.05, 3.63) is 0 Å². The molecule has 0 unspecified atom stereocenters. The summed E-state index contributed by atoms with van der Waals surface area (Å²) in [5.74, 6) is 0. The molecule has 0 radical (unpaired) electrons. The van der Waals surface area contributed by atoms with Gasteiger partial charge in [0.1, 0.15) is 0 Å². The van der Waals surface area contributed by atoms with Crippen LogP contribution < -0.4 is 5.73 Å². The Morgan fingerprint density at radius 1 is 1.22 bits per heavy atom. The van der Waals surface area contributed by atoms with Gasteiger partial charge in [0.15, 0.2) is 0 Å². The van der Waals surface area contributed by atoms with Crippen molar-refractivity contribution in [2.24, 2.45) is 5.73 Å². The van der Waals surface area contributed by atoms with Gasteiger partial charge in [0.25, 0.3) is 0 Å². The van der Waals surface area contributed by atoms with Crippen LogP contribution in [0.3, 0.4) is 0 Å². The number of hydrogen-bond acceptors (Lipinski definition) is 2.